The van der Waals surface area contributed by atoms with E-state index in [1.165, 1.54) is 82.4 Å². The number of anilines is 15. The lowest BCUT2D eigenvalue weighted by Gasteiger charge is -2.46. The van der Waals surface area contributed by atoms with Gasteiger partial charge in [-0.25, -0.2) is 0 Å². The lowest BCUT2D eigenvalue weighted by atomic mass is 9.30. The maximum absolute atomic E-state index is 8.04. The van der Waals surface area contributed by atoms with Crippen molar-refractivity contribution in [2.75, 3.05) is 24.5 Å². The number of benzene rings is 16. The first-order chi connectivity index (χ1) is 53.1. The maximum atomic E-state index is 8.04. The fourth-order valence-corrected chi connectivity index (χ4v) is 21.6. The maximum Gasteiger partial charge on any atom is 0.256 e. The highest BCUT2D eigenvalue weighted by molar-refractivity contribution is 7.27. The molecule has 4 aliphatic heterocycles. The molecule has 0 radical (unpaired) electrons. The van der Waals surface area contributed by atoms with Crippen LogP contribution >= 0.6 is 34.0 Å². The zero-order valence-corrected chi connectivity index (χ0v) is 60.0. The Labute approximate surface area is 631 Å². The van der Waals surface area contributed by atoms with Crippen LogP contribution in [-0.2, 0) is 0 Å². The Hall–Kier alpha value is -12.9. The van der Waals surface area contributed by atoms with Crippen LogP contribution in [0.25, 0.3) is 71.6 Å². The minimum Gasteiger partial charge on any atom is -0.458 e. The van der Waals surface area contributed by atoms with Crippen LogP contribution in [0.4, 0.5) is 85.3 Å². The molecule has 0 bridgehead atoms. The third-order valence-corrected chi connectivity index (χ3v) is 26.0. The second-order valence-electron chi connectivity index (χ2n) is 28.1. The van der Waals surface area contributed by atoms with Crippen molar-refractivity contribution in [3.63, 3.8) is 0 Å². The van der Waals surface area contributed by atoms with Gasteiger partial charge in [-0.3, -0.25) is 0 Å². The van der Waals surface area contributed by atoms with E-state index in [2.05, 4.69) is 382 Å². The van der Waals surface area contributed by atoms with Gasteiger partial charge in [-0.2, -0.15) is 0 Å². The summed E-state index contributed by atoms with van der Waals surface area (Å²) in [6.07, 6.45) is 0. The van der Waals surface area contributed by atoms with Crippen LogP contribution < -0.4 is 62.0 Å². The average molecular weight is 1420 g/mol. The van der Waals surface area contributed by atoms with Crippen molar-refractivity contribution in [3.8, 4) is 22.6 Å². The highest BCUT2D eigenvalue weighted by Crippen LogP contribution is 2.56. The van der Waals surface area contributed by atoms with Crippen molar-refractivity contribution in [2.45, 2.75) is 0 Å². The molecule has 0 fully saturated rings. The van der Waals surface area contributed by atoms with E-state index in [9.17, 15) is 0 Å². The molecule has 0 N–H and O–H groups in total. The van der Waals surface area contributed by atoms with Crippen molar-refractivity contribution in [2.24, 2.45) is 0 Å². The van der Waals surface area contributed by atoms with E-state index < -0.39 is 0 Å². The Morgan fingerprint density at radius 3 is 1.26 bits per heavy atom. The van der Waals surface area contributed by atoms with Crippen LogP contribution in [0.5, 0.6) is 11.5 Å². The number of para-hydroxylation sites is 6. The van der Waals surface area contributed by atoms with Gasteiger partial charge in [0.2, 0.25) is 0 Å². The first-order valence-electron chi connectivity index (χ1n) is 36.5. The van der Waals surface area contributed by atoms with E-state index in [0.717, 1.165) is 119 Å². The summed E-state index contributed by atoms with van der Waals surface area (Å²) in [6.45, 7) is -0.487. The number of rotatable bonds is 10. The third-order valence-electron chi connectivity index (χ3n) is 22.4. The van der Waals surface area contributed by atoms with Gasteiger partial charge in [0.05, 0.1) is 48.2 Å². The Morgan fingerprint density at radius 1 is 0.252 bits per heavy atom. The molecule has 107 heavy (non-hydrogen) atoms. The van der Waals surface area contributed by atoms with Crippen molar-refractivity contribution >= 4 is 226 Å². The van der Waals surface area contributed by atoms with Crippen molar-refractivity contribution in [3.05, 3.63) is 358 Å². The van der Waals surface area contributed by atoms with E-state index >= 15 is 0 Å². The molecule has 0 saturated heterocycles. The lowest BCUT2D eigenvalue weighted by molar-refractivity contribution is 0.488. The standard InChI is InChI=1S/C96H59B2N5OS3/c1-5-28-60(29-6-1)66-36-13-19-45-77(66)102-83-59-87-76(98-73-43-17-20-46-78(73)101(63-34-11-4-12-35-63)86-56-65(57-88(104-87)93(86)98)100(62-32-9-3-10-33-62)81-49-26-41-71-68-38-15-23-52-90(68)106-95(71)81)58-75(83)97-74-44-18-21-47-79(74)103(82-50-27-42-72-69-39-16-24-53-91(69)107-96(72)82)85-55-64(54-84(102)92(85)97)99(61-30-7-2-8-31-61)80-48-25-40-70-67-37-14-22-51-89(67)105-94(70)80/h1-59H. The Morgan fingerprint density at radius 2 is 0.673 bits per heavy atom. The van der Waals surface area contributed by atoms with Gasteiger partial charge in [0.1, 0.15) is 11.5 Å². The number of hydrogen-bond donors (Lipinski definition) is 0. The zero-order valence-electron chi connectivity index (χ0n) is 57.6. The topological polar surface area (TPSA) is 25.4 Å². The summed E-state index contributed by atoms with van der Waals surface area (Å²) in [5, 5.41) is 7.50. The summed E-state index contributed by atoms with van der Waals surface area (Å²) < 4.78 is 15.5. The fraction of sp³-hybridized carbons (Fsp3) is 0. The van der Waals surface area contributed by atoms with E-state index in [0.29, 0.717) is 0 Å². The molecule has 7 heterocycles. The molecule has 4 aliphatic rings. The number of hydrogen-bond acceptors (Lipinski definition) is 9. The van der Waals surface area contributed by atoms with Crippen LogP contribution in [0, 0.1) is 0 Å². The summed E-state index contributed by atoms with van der Waals surface area (Å²) >= 11 is 5.60. The Balaban J connectivity index is 0.825. The summed E-state index contributed by atoms with van der Waals surface area (Å²) in [7, 11) is 0. The van der Waals surface area contributed by atoms with Gasteiger partial charge in [-0.1, -0.05) is 237 Å². The molecule has 0 spiro atoms. The highest BCUT2D eigenvalue weighted by Gasteiger charge is 2.49. The average Bonchev–Trinajstić information content (AvgIpc) is 1.25. The summed E-state index contributed by atoms with van der Waals surface area (Å²) in [6, 6.07) is 133. The minimum atomic E-state index is -0.251. The highest BCUT2D eigenvalue weighted by atomic mass is 32.1. The van der Waals surface area contributed by atoms with E-state index in [1.54, 1.807) is 0 Å². The van der Waals surface area contributed by atoms with E-state index in [4.69, 9.17) is 4.74 Å². The smallest absolute Gasteiger partial charge is 0.256 e. The zero-order chi connectivity index (χ0) is 70.0. The van der Waals surface area contributed by atoms with Gasteiger partial charge < -0.3 is 29.2 Å². The van der Waals surface area contributed by atoms with Crippen LogP contribution in [0.2, 0.25) is 0 Å². The largest absolute Gasteiger partial charge is 0.458 e. The molecule has 0 unspecified atom stereocenters. The first kappa shape index (κ1) is 60.5. The van der Waals surface area contributed by atoms with Crippen molar-refractivity contribution in [1.82, 2.24) is 0 Å². The summed E-state index contributed by atoms with van der Waals surface area (Å²) in [4.78, 5) is 12.7. The molecular formula is C96H59B2N5OS3. The molecule has 0 amide bonds. The van der Waals surface area contributed by atoms with Crippen molar-refractivity contribution in [1.29, 1.82) is 0 Å². The van der Waals surface area contributed by atoms with Crippen LogP contribution in [0.1, 0.15) is 0 Å². The van der Waals surface area contributed by atoms with Crippen LogP contribution in [0.15, 0.2) is 358 Å². The van der Waals surface area contributed by atoms with Gasteiger partial charge in [-0.05, 0) is 148 Å². The van der Waals surface area contributed by atoms with Gasteiger partial charge in [0.15, 0.2) is 0 Å². The quantitative estimate of drug-likeness (QED) is 0.127. The van der Waals surface area contributed by atoms with Crippen LogP contribution in [0.3, 0.4) is 0 Å². The summed E-state index contributed by atoms with van der Waals surface area (Å²) in [5.74, 6) is 1.63. The second kappa shape index (κ2) is 23.8. The predicted octanol–water partition coefficient (Wildman–Crippen LogP) is 23.9. The second-order valence-corrected chi connectivity index (χ2v) is 31.3. The lowest BCUT2D eigenvalue weighted by Crippen LogP contribution is -2.64. The van der Waals surface area contributed by atoms with Crippen LogP contribution in [-0.4, -0.2) is 13.4 Å². The van der Waals surface area contributed by atoms with Gasteiger partial charge in [0.25, 0.3) is 13.4 Å². The molecule has 0 saturated carbocycles. The van der Waals surface area contributed by atoms with E-state index in [-0.39, 0.29) is 13.4 Å². The molecule has 6 nitrogen and oxygen atoms in total. The molecule has 3 aromatic heterocycles. The van der Waals surface area contributed by atoms with Gasteiger partial charge in [-0.15, -0.1) is 34.0 Å². The molecule has 23 rings (SSSR count). The SMILES string of the molecule is c1ccc(-c2ccccc2N2c3cc4c(cc3B3c5ccccc5N(c5cccc6c5sc5ccccc56)c5cc(N(c6ccccc6)c6cccc7c6sc6ccccc67)cc2c53)B2c3ccccc3N(c3ccccc3)c3cc(N(c5ccccc5)c5cccc6c5sc5ccccc56)cc(c32)O4)cc1. The predicted molar refractivity (Wildman–Crippen MR) is 460 cm³/mol. The number of ether oxygens (including phenoxy) is 1. The number of nitrogens with zero attached hydrogens (tertiary/aromatic N) is 5. The Bertz CT molecular complexity index is 6880. The third kappa shape index (κ3) is 9.12. The molecule has 498 valence electrons. The molecule has 19 aromatic rings. The fourth-order valence-electron chi connectivity index (χ4n) is 18.0. The Kier molecular flexibility index (Phi) is 13.5. The molecule has 0 atom stereocenters. The monoisotopic (exact) mass is 1420 g/mol. The molecule has 0 aliphatic carbocycles. The molecule has 16 aromatic carbocycles. The van der Waals surface area contributed by atoms with Gasteiger partial charge in [0, 0.05) is 115 Å². The number of thiophene rings is 3. The van der Waals surface area contributed by atoms with Gasteiger partial charge >= 0.3 is 0 Å². The van der Waals surface area contributed by atoms with Crippen molar-refractivity contribution < 1.29 is 4.74 Å². The van der Waals surface area contributed by atoms with E-state index in [1.807, 2.05) is 34.0 Å². The first-order valence-corrected chi connectivity index (χ1v) is 39.0. The minimum absolute atomic E-state index is 0.235. The molecule has 11 heteroatoms. The normalized spacial score (nSPS) is 13.0. The summed E-state index contributed by atoms with van der Waals surface area (Å²) in [5.41, 5.74) is 25.6. The molecular weight excluding hydrogens is 1360 g/mol. The number of fused-ring (bicyclic) bond motifs is 17.